The topological polar surface area (TPSA) is 41.6 Å². The maximum atomic E-state index is 12.2. The first kappa shape index (κ1) is 16.0. The Hall–Kier alpha value is -2.33. The molecule has 0 radical (unpaired) electrons. The number of amides is 1. The fourth-order valence-corrected chi connectivity index (χ4v) is 2.20. The molecule has 0 spiro atoms. The van der Waals surface area contributed by atoms with Crippen LogP contribution in [0.15, 0.2) is 48.5 Å². The van der Waals surface area contributed by atoms with Crippen LogP contribution in [-0.4, -0.2) is 27.1 Å². The van der Waals surface area contributed by atoms with Crippen molar-refractivity contribution in [1.82, 2.24) is 5.32 Å². The number of carbonyl (C=O) groups excluding carboxylic acids is 1. The van der Waals surface area contributed by atoms with Gasteiger partial charge in [0.1, 0.15) is 0 Å². The molecule has 0 aliphatic rings. The van der Waals surface area contributed by atoms with Crippen LogP contribution in [0.1, 0.15) is 21.5 Å². The van der Waals surface area contributed by atoms with Gasteiger partial charge in [0.05, 0.1) is 6.61 Å². The molecule has 0 aliphatic heterocycles. The zero-order valence-electron chi connectivity index (χ0n) is 13.3. The molecular formula is C18H22N2O2. The lowest BCUT2D eigenvalue weighted by Gasteiger charge is -2.14. The summed E-state index contributed by atoms with van der Waals surface area (Å²) in [6, 6.07) is 15.6. The Morgan fingerprint density at radius 3 is 2.55 bits per heavy atom. The minimum absolute atomic E-state index is 0.0757. The molecular weight excluding hydrogens is 276 g/mol. The maximum Gasteiger partial charge on any atom is 0.251 e. The van der Waals surface area contributed by atoms with E-state index in [1.54, 1.807) is 7.11 Å². The van der Waals surface area contributed by atoms with Gasteiger partial charge in [-0.3, -0.25) is 4.79 Å². The molecule has 1 amide bonds. The van der Waals surface area contributed by atoms with E-state index in [0.717, 1.165) is 16.8 Å². The second-order valence-electron chi connectivity index (χ2n) is 5.38. The van der Waals surface area contributed by atoms with Crippen LogP contribution in [0.2, 0.25) is 0 Å². The Morgan fingerprint density at radius 1 is 1.09 bits per heavy atom. The predicted molar refractivity (Wildman–Crippen MR) is 89.1 cm³/mol. The lowest BCUT2D eigenvalue weighted by Crippen LogP contribution is -2.23. The van der Waals surface area contributed by atoms with Gasteiger partial charge in [0.25, 0.3) is 5.91 Å². The highest BCUT2D eigenvalue weighted by Gasteiger charge is 2.06. The monoisotopic (exact) mass is 298 g/mol. The number of rotatable bonds is 6. The van der Waals surface area contributed by atoms with Crippen molar-refractivity contribution in [3.8, 4) is 0 Å². The molecule has 116 valence electrons. The van der Waals surface area contributed by atoms with Gasteiger partial charge >= 0.3 is 0 Å². The molecule has 0 fully saturated rings. The molecule has 0 unspecified atom stereocenters. The van der Waals surface area contributed by atoms with Crippen LogP contribution in [0.25, 0.3) is 0 Å². The average molecular weight is 298 g/mol. The van der Waals surface area contributed by atoms with Crippen LogP contribution in [0.3, 0.4) is 0 Å². The maximum absolute atomic E-state index is 12.2. The first-order chi connectivity index (χ1) is 10.6. The highest BCUT2D eigenvalue weighted by Crippen LogP contribution is 2.13. The van der Waals surface area contributed by atoms with E-state index in [4.69, 9.17) is 4.74 Å². The summed E-state index contributed by atoms with van der Waals surface area (Å²) in [5.41, 5.74) is 3.84. The van der Waals surface area contributed by atoms with E-state index < -0.39 is 0 Å². The summed E-state index contributed by atoms with van der Waals surface area (Å²) in [5.74, 6) is -0.0757. The van der Waals surface area contributed by atoms with E-state index in [2.05, 4.69) is 11.4 Å². The van der Waals surface area contributed by atoms with Gasteiger partial charge in [-0.2, -0.15) is 0 Å². The number of nitrogens with one attached hydrogen (secondary N) is 1. The second-order valence-corrected chi connectivity index (χ2v) is 5.38. The molecule has 0 atom stereocenters. The number of ether oxygens (including phenoxy) is 1. The lowest BCUT2D eigenvalue weighted by molar-refractivity contribution is 0.0950. The van der Waals surface area contributed by atoms with Gasteiger partial charge in [0.2, 0.25) is 0 Å². The van der Waals surface area contributed by atoms with Crippen molar-refractivity contribution in [2.75, 3.05) is 26.1 Å². The Labute approximate surface area is 131 Å². The normalized spacial score (nSPS) is 10.3. The van der Waals surface area contributed by atoms with Crippen molar-refractivity contribution < 1.29 is 9.53 Å². The van der Waals surface area contributed by atoms with Gasteiger partial charge in [-0.05, 0) is 35.4 Å². The molecule has 4 heteroatoms. The molecule has 2 aromatic carbocycles. The van der Waals surface area contributed by atoms with Crippen LogP contribution in [-0.2, 0) is 17.9 Å². The number of nitrogens with zero attached hydrogens (tertiary/aromatic N) is 1. The van der Waals surface area contributed by atoms with Crippen LogP contribution >= 0.6 is 0 Å². The molecule has 2 aromatic rings. The van der Waals surface area contributed by atoms with Crippen molar-refractivity contribution in [1.29, 1.82) is 0 Å². The summed E-state index contributed by atoms with van der Waals surface area (Å²) >= 11 is 0. The third-order valence-electron chi connectivity index (χ3n) is 3.38. The van der Waals surface area contributed by atoms with Gasteiger partial charge in [0.15, 0.2) is 0 Å². The minimum atomic E-state index is -0.0757. The molecule has 2 rings (SSSR count). The fraction of sp³-hybridized carbons (Fsp3) is 0.278. The second kappa shape index (κ2) is 7.61. The summed E-state index contributed by atoms with van der Waals surface area (Å²) in [4.78, 5) is 14.3. The van der Waals surface area contributed by atoms with E-state index >= 15 is 0 Å². The lowest BCUT2D eigenvalue weighted by atomic mass is 10.1. The molecule has 4 nitrogen and oxygen atoms in total. The van der Waals surface area contributed by atoms with E-state index in [-0.39, 0.29) is 5.91 Å². The number of anilines is 1. The molecule has 1 N–H and O–H groups in total. The number of hydrogen-bond donors (Lipinski definition) is 1. The first-order valence-corrected chi connectivity index (χ1v) is 7.22. The number of methoxy groups -OCH3 is 1. The Morgan fingerprint density at radius 2 is 1.82 bits per heavy atom. The summed E-state index contributed by atoms with van der Waals surface area (Å²) in [6.07, 6.45) is 0. The van der Waals surface area contributed by atoms with Gasteiger partial charge in [0, 0.05) is 39.0 Å². The van der Waals surface area contributed by atoms with Gasteiger partial charge in [-0.1, -0.05) is 24.3 Å². The quantitative estimate of drug-likeness (QED) is 0.891. The SMILES string of the molecule is COCc1cccc(C(=O)NCc2cccc(N(C)C)c2)c1. The third kappa shape index (κ3) is 4.33. The summed E-state index contributed by atoms with van der Waals surface area (Å²) < 4.78 is 5.09. The van der Waals surface area contributed by atoms with Gasteiger partial charge < -0.3 is 15.0 Å². The first-order valence-electron chi connectivity index (χ1n) is 7.22. The van der Waals surface area contributed by atoms with Gasteiger partial charge in [-0.25, -0.2) is 0 Å². The standard InChI is InChI=1S/C18H22N2O2/c1-20(2)17-9-5-6-14(11-17)12-19-18(21)16-8-4-7-15(10-16)13-22-3/h4-11H,12-13H2,1-3H3,(H,19,21). The van der Waals surface area contributed by atoms with E-state index in [9.17, 15) is 4.79 Å². The molecule has 0 heterocycles. The van der Waals surface area contributed by atoms with Crippen molar-refractivity contribution in [2.24, 2.45) is 0 Å². The fourth-order valence-electron chi connectivity index (χ4n) is 2.20. The average Bonchev–Trinajstić information content (AvgIpc) is 2.53. The van der Waals surface area contributed by atoms with E-state index in [0.29, 0.717) is 18.7 Å². The highest BCUT2D eigenvalue weighted by atomic mass is 16.5. The highest BCUT2D eigenvalue weighted by molar-refractivity contribution is 5.94. The number of carbonyl (C=O) groups is 1. The third-order valence-corrected chi connectivity index (χ3v) is 3.38. The Bertz CT molecular complexity index is 638. The van der Waals surface area contributed by atoms with Crippen LogP contribution in [0.5, 0.6) is 0 Å². The van der Waals surface area contributed by atoms with Crippen LogP contribution in [0, 0.1) is 0 Å². The zero-order chi connectivity index (χ0) is 15.9. The molecule has 22 heavy (non-hydrogen) atoms. The Balaban J connectivity index is 2.00. The smallest absolute Gasteiger partial charge is 0.251 e. The molecule has 0 saturated heterocycles. The molecule has 0 aliphatic carbocycles. The molecule has 0 bridgehead atoms. The minimum Gasteiger partial charge on any atom is -0.380 e. The summed E-state index contributed by atoms with van der Waals surface area (Å²) in [7, 11) is 5.64. The number of benzene rings is 2. The van der Waals surface area contributed by atoms with Crippen LogP contribution < -0.4 is 10.2 Å². The number of hydrogen-bond acceptors (Lipinski definition) is 3. The summed E-state index contributed by atoms with van der Waals surface area (Å²) in [5, 5.41) is 2.95. The molecule has 0 saturated carbocycles. The summed E-state index contributed by atoms with van der Waals surface area (Å²) in [6.45, 7) is 1.01. The van der Waals surface area contributed by atoms with Crippen molar-refractivity contribution in [2.45, 2.75) is 13.2 Å². The van der Waals surface area contributed by atoms with Crippen molar-refractivity contribution in [3.05, 3.63) is 65.2 Å². The predicted octanol–water partition coefficient (Wildman–Crippen LogP) is 2.83. The van der Waals surface area contributed by atoms with Crippen LogP contribution in [0.4, 0.5) is 5.69 Å². The van der Waals surface area contributed by atoms with E-state index in [1.165, 1.54) is 0 Å². The zero-order valence-corrected chi connectivity index (χ0v) is 13.3. The Kier molecular flexibility index (Phi) is 5.55. The largest absolute Gasteiger partial charge is 0.380 e. The van der Waals surface area contributed by atoms with E-state index in [1.807, 2.05) is 61.5 Å². The van der Waals surface area contributed by atoms with Gasteiger partial charge in [-0.15, -0.1) is 0 Å². The van der Waals surface area contributed by atoms with Crippen molar-refractivity contribution >= 4 is 11.6 Å². The van der Waals surface area contributed by atoms with Crippen molar-refractivity contribution in [3.63, 3.8) is 0 Å². The molecule has 0 aromatic heterocycles.